The maximum absolute atomic E-state index is 12.2. The first-order chi connectivity index (χ1) is 14.0. The number of fused-ring (bicyclic) bond motifs is 1. The number of carbonyl (C=O) groups excluding carboxylic acids is 5. The molecule has 5 amide bonds. The van der Waals surface area contributed by atoms with Gasteiger partial charge in [-0.15, -0.1) is 11.3 Å². The molecule has 2 heterocycles. The Balaban J connectivity index is 1.37. The Morgan fingerprint density at radius 2 is 1.69 bits per heavy atom. The van der Waals surface area contributed by atoms with Gasteiger partial charge in [0.2, 0.25) is 0 Å². The zero-order chi connectivity index (χ0) is 20.8. The SMILES string of the molecule is O=C(COC(=O)CCN1C(=O)c2ccccc2C1=O)NC(=O)NCc1cccs1. The standard InChI is InChI=1S/C19H17N3O6S/c23-15(21-19(27)20-10-12-4-3-9-29-12)11-28-16(24)7-8-22-17(25)13-5-1-2-6-14(13)18(22)26/h1-6,9H,7-8,10-11H2,(H2,20,21,23,27). The fraction of sp³-hybridized carbons (Fsp3) is 0.211. The molecule has 0 bridgehead atoms. The van der Waals surface area contributed by atoms with Crippen molar-refractivity contribution in [2.24, 2.45) is 0 Å². The number of nitrogens with one attached hydrogen (secondary N) is 2. The monoisotopic (exact) mass is 415 g/mol. The molecule has 0 radical (unpaired) electrons. The molecule has 29 heavy (non-hydrogen) atoms. The molecule has 0 saturated carbocycles. The minimum Gasteiger partial charge on any atom is -0.456 e. The molecule has 150 valence electrons. The molecule has 0 fully saturated rings. The molecule has 0 unspecified atom stereocenters. The number of carbonyl (C=O) groups is 5. The molecule has 0 spiro atoms. The van der Waals surface area contributed by atoms with Crippen molar-refractivity contribution in [1.82, 2.24) is 15.5 Å². The number of urea groups is 1. The second-order valence-electron chi connectivity index (χ2n) is 6.03. The molecule has 2 aromatic rings. The van der Waals surface area contributed by atoms with Crippen LogP contribution in [-0.4, -0.2) is 47.8 Å². The summed E-state index contributed by atoms with van der Waals surface area (Å²) in [4.78, 5) is 61.4. The predicted molar refractivity (Wildman–Crippen MR) is 102 cm³/mol. The van der Waals surface area contributed by atoms with Crippen LogP contribution in [0.25, 0.3) is 0 Å². The lowest BCUT2D eigenvalue weighted by Crippen LogP contribution is -2.41. The van der Waals surface area contributed by atoms with Gasteiger partial charge in [-0.05, 0) is 23.6 Å². The van der Waals surface area contributed by atoms with E-state index < -0.39 is 36.3 Å². The van der Waals surface area contributed by atoms with E-state index in [1.807, 2.05) is 22.8 Å². The quantitative estimate of drug-likeness (QED) is 0.519. The van der Waals surface area contributed by atoms with Crippen LogP contribution in [-0.2, 0) is 20.9 Å². The second kappa shape index (κ2) is 9.11. The molecule has 1 aromatic heterocycles. The van der Waals surface area contributed by atoms with Crippen LogP contribution in [0.2, 0.25) is 0 Å². The molecule has 0 aliphatic carbocycles. The summed E-state index contributed by atoms with van der Waals surface area (Å²) < 4.78 is 4.78. The van der Waals surface area contributed by atoms with Crippen LogP contribution in [0.4, 0.5) is 4.79 Å². The highest BCUT2D eigenvalue weighted by Gasteiger charge is 2.35. The van der Waals surface area contributed by atoms with Crippen LogP contribution in [0.15, 0.2) is 41.8 Å². The fourth-order valence-corrected chi connectivity index (χ4v) is 3.30. The van der Waals surface area contributed by atoms with Crippen molar-refractivity contribution in [3.63, 3.8) is 0 Å². The van der Waals surface area contributed by atoms with E-state index in [1.54, 1.807) is 24.3 Å². The van der Waals surface area contributed by atoms with Gasteiger partial charge in [-0.2, -0.15) is 0 Å². The number of thiophene rings is 1. The van der Waals surface area contributed by atoms with Gasteiger partial charge in [0.25, 0.3) is 17.7 Å². The zero-order valence-corrected chi connectivity index (χ0v) is 16.0. The smallest absolute Gasteiger partial charge is 0.321 e. The number of amides is 5. The number of esters is 1. The van der Waals surface area contributed by atoms with E-state index in [4.69, 9.17) is 4.74 Å². The summed E-state index contributed by atoms with van der Waals surface area (Å²) in [6.07, 6.45) is -0.261. The second-order valence-corrected chi connectivity index (χ2v) is 7.06. The number of ether oxygens (including phenoxy) is 1. The summed E-state index contributed by atoms with van der Waals surface area (Å²) >= 11 is 1.46. The Labute approximate surface area is 169 Å². The third-order valence-electron chi connectivity index (χ3n) is 4.04. The number of hydrogen-bond acceptors (Lipinski definition) is 7. The lowest BCUT2D eigenvalue weighted by molar-refractivity contribution is -0.148. The molecular weight excluding hydrogens is 398 g/mol. The van der Waals surface area contributed by atoms with Gasteiger partial charge in [0, 0.05) is 11.4 Å². The van der Waals surface area contributed by atoms with Gasteiger partial charge in [-0.3, -0.25) is 29.4 Å². The summed E-state index contributed by atoms with van der Waals surface area (Å²) in [6, 6.07) is 9.36. The molecule has 2 N–H and O–H groups in total. The van der Waals surface area contributed by atoms with Gasteiger partial charge < -0.3 is 10.1 Å². The van der Waals surface area contributed by atoms with Crippen LogP contribution >= 0.6 is 11.3 Å². The molecule has 0 saturated heterocycles. The third kappa shape index (κ3) is 5.05. The molecule has 1 aromatic carbocycles. The summed E-state index contributed by atoms with van der Waals surface area (Å²) in [7, 11) is 0. The molecule has 0 atom stereocenters. The summed E-state index contributed by atoms with van der Waals surface area (Å²) in [5.74, 6) is -2.50. The Morgan fingerprint density at radius 3 is 2.31 bits per heavy atom. The third-order valence-corrected chi connectivity index (χ3v) is 4.91. The normalized spacial score (nSPS) is 12.5. The summed E-state index contributed by atoms with van der Waals surface area (Å²) in [6.45, 7) is -0.529. The first-order valence-corrected chi connectivity index (χ1v) is 9.54. The topological polar surface area (TPSA) is 122 Å². The van der Waals surface area contributed by atoms with Crippen molar-refractivity contribution < 1.29 is 28.7 Å². The highest BCUT2D eigenvalue weighted by Crippen LogP contribution is 2.22. The predicted octanol–water partition coefficient (Wildman–Crippen LogP) is 1.30. The Morgan fingerprint density at radius 1 is 1.00 bits per heavy atom. The van der Waals surface area contributed by atoms with Gasteiger partial charge in [0.15, 0.2) is 6.61 Å². The minimum absolute atomic E-state index is 0.159. The first-order valence-electron chi connectivity index (χ1n) is 8.66. The lowest BCUT2D eigenvalue weighted by atomic mass is 10.1. The van der Waals surface area contributed by atoms with Gasteiger partial charge in [0.05, 0.1) is 24.1 Å². The zero-order valence-electron chi connectivity index (χ0n) is 15.2. The Kier molecular flexibility index (Phi) is 6.35. The maximum atomic E-state index is 12.2. The average Bonchev–Trinajstić information content (AvgIpc) is 3.31. The number of imide groups is 2. The van der Waals surface area contributed by atoms with Crippen molar-refractivity contribution in [1.29, 1.82) is 0 Å². The van der Waals surface area contributed by atoms with E-state index in [1.165, 1.54) is 11.3 Å². The van der Waals surface area contributed by atoms with Crippen LogP contribution in [0.1, 0.15) is 32.0 Å². The molecule has 1 aliphatic rings. The fourth-order valence-electron chi connectivity index (χ4n) is 2.65. The van der Waals surface area contributed by atoms with Gasteiger partial charge in [-0.25, -0.2) is 4.79 Å². The molecule has 1 aliphatic heterocycles. The number of hydrogen-bond donors (Lipinski definition) is 2. The summed E-state index contributed by atoms with van der Waals surface area (Å²) in [5.41, 5.74) is 0.581. The largest absolute Gasteiger partial charge is 0.456 e. The van der Waals surface area contributed by atoms with E-state index in [2.05, 4.69) is 5.32 Å². The number of rotatable bonds is 7. The van der Waals surface area contributed by atoms with Crippen molar-refractivity contribution in [2.45, 2.75) is 13.0 Å². The molecule has 3 rings (SSSR count). The molecule has 10 heteroatoms. The van der Waals surface area contributed by atoms with Crippen LogP contribution in [0.5, 0.6) is 0 Å². The van der Waals surface area contributed by atoms with Crippen molar-refractivity contribution in [2.75, 3.05) is 13.2 Å². The molecule has 9 nitrogen and oxygen atoms in total. The minimum atomic E-state index is -0.789. The maximum Gasteiger partial charge on any atom is 0.321 e. The van der Waals surface area contributed by atoms with E-state index in [0.717, 1.165) is 9.78 Å². The number of nitrogens with zero attached hydrogens (tertiary/aromatic N) is 1. The number of benzene rings is 1. The van der Waals surface area contributed by atoms with Crippen LogP contribution in [0, 0.1) is 0 Å². The van der Waals surface area contributed by atoms with E-state index in [9.17, 15) is 24.0 Å². The van der Waals surface area contributed by atoms with Crippen molar-refractivity contribution in [3.05, 3.63) is 57.8 Å². The van der Waals surface area contributed by atoms with Gasteiger partial charge in [-0.1, -0.05) is 18.2 Å². The summed E-state index contributed by atoms with van der Waals surface area (Å²) in [5, 5.41) is 6.40. The van der Waals surface area contributed by atoms with Crippen molar-refractivity contribution in [3.8, 4) is 0 Å². The van der Waals surface area contributed by atoms with Gasteiger partial charge in [0.1, 0.15) is 0 Å². The van der Waals surface area contributed by atoms with E-state index in [0.29, 0.717) is 11.1 Å². The Bertz CT molecular complexity index is 922. The van der Waals surface area contributed by atoms with Crippen LogP contribution < -0.4 is 10.6 Å². The highest BCUT2D eigenvalue weighted by molar-refractivity contribution is 7.09. The van der Waals surface area contributed by atoms with Crippen molar-refractivity contribution >= 4 is 41.1 Å². The van der Waals surface area contributed by atoms with Crippen LogP contribution in [0.3, 0.4) is 0 Å². The Hall–Kier alpha value is -3.53. The lowest BCUT2D eigenvalue weighted by Gasteiger charge is -2.13. The van der Waals surface area contributed by atoms with E-state index in [-0.39, 0.29) is 19.5 Å². The van der Waals surface area contributed by atoms with Gasteiger partial charge >= 0.3 is 12.0 Å². The first kappa shape index (κ1) is 20.2. The molecular formula is C19H17N3O6S. The van der Waals surface area contributed by atoms with E-state index >= 15 is 0 Å². The highest BCUT2D eigenvalue weighted by atomic mass is 32.1. The average molecular weight is 415 g/mol.